The lowest BCUT2D eigenvalue weighted by Crippen LogP contribution is -2.19. The first-order valence-electron chi connectivity index (χ1n) is 6.63. The number of hydrogen-bond acceptors (Lipinski definition) is 5. The summed E-state index contributed by atoms with van der Waals surface area (Å²) in [5.74, 6) is 0.102. The molecule has 6 heteroatoms. The summed E-state index contributed by atoms with van der Waals surface area (Å²) in [6.45, 7) is 6.10. The molecule has 106 valence electrons. The number of aliphatic imine (C=N–C) groups is 1. The van der Waals surface area contributed by atoms with Crippen molar-refractivity contribution in [3.05, 3.63) is 11.1 Å². The van der Waals surface area contributed by atoms with E-state index < -0.39 is 5.97 Å². The van der Waals surface area contributed by atoms with Crippen molar-refractivity contribution in [2.24, 2.45) is 4.99 Å². The molecule has 1 aromatic heterocycles. The van der Waals surface area contributed by atoms with Crippen molar-refractivity contribution in [2.75, 3.05) is 5.32 Å². The number of hydrogen-bond donors (Lipinski definition) is 2. The van der Waals surface area contributed by atoms with Crippen molar-refractivity contribution in [1.82, 2.24) is 4.98 Å². The molecule has 0 fully saturated rings. The summed E-state index contributed by atoms with van der Waals surface area (Å²) in [5.41, 5.74) is 0.592. The van der Waals surface area contributed by atoms with E-state index >= 15 is 0 Å². The fourth-order valence-electron chi connectivity index (χ4n) is 1.78. The lowest BCUT2D eigenvalue weighted by atomic mass is 10.1. The van der Waals surface area contributed by atoms with Crippen LogP contribution in [0.25, 0.3) is 0 Å². The number of nitrogens with one attached hydrogen (secondary N) is 1. The minimum absolute atomic E-state index is 0.0267. The summed E-state index contributed by atoms with van der Waals surface area (Å²) in [6, 6.07) is 0.365. The normalized spacial score (nSPS) is 18.1. The standard InChI is InChI=1S/C11H15N3O2S.C2H6/c1-7-3-2-4-9(12-7)14-11-13-8(6-17-11)5-10(15)16;1-2/h6-7H,2-5H2,1H3,(H,15,16)(H,12,13,14);1-2H3. The second-order valence-corrected chi connectivity index (χ2v) is 5.01. The van der Waals surface area contributed by atoms with Gasteiger partial charge in [-0.3, -0.25) is 9.79 Å². The van der Waals surface area contributed by atoms with Crippen LogP contribution in [-0.2, 0) is 11.2 Å². The van der Waals surface area contributed by atoms with Gasteiger partial charge >= 0.3 is 5.97 Å². The molecule has 19 heavy (non-hydrogen) atoms. The molecular weight excluding hydrogens is 262 g/mol. The highest BCUT2D eigenvalue weighted by Crippen LogP contribution is 2.19. The van der Waals surface area contributed by atoms with E-state index in [1.54, 1.807) is 5.38 Å². The zero-order valence-corrected chi connectivity index (χ0v) is 12.5. The van der Waals surface area contributed by atoms with Crippen LogP contribution in [0.5, 0.6) is 0 Å². The molecule has 0 radical (unpaired) electrons. The second-order valence-electron chi connectivity index (χ2n) is 4.16. The van der Waals surface area contributed by atoms with E-state index in [-0.39, 0.29) is 6.42 Å². The number of aliphatic carboxylic acids is 1. The highest BCUT2D eigenvalue weighted by atomic mass is 32.1. The number of aromatic nitrogens is 1. The molecule has 0 aromatic carbocycles. The Morgan fingerprint density at radius 3 is 2.95 bits per heavy atom. The average molecular weight is 283 g/mol. The van der Waals surface area contributed by atoms with Gasteiger partial charge in [-0.15, -0.1) is 11.3 Å². The molecule has 2 rings (SSSR count). The molecule has 2 N–H and O–H groups in total. The van der Waals surface area contributed by atoms with E-state index in [4.69, 9.17) is 5.11 Å². The van der Waals surface area contributed by atoms with Gasteiger partial charge in [0.05, 0.1) is 12.1 Å². The van der Waals surface area contributed by atoms with Crippen molar-refractivity contribution in [1.29, 1.82) is 0 Å². The van der Waals surface area contributed by atoms with Crippen molar-refractivity contribution in [3.8, 4) is 0 Å². The van der Waals surface area contributed by atoms with Crippen molar-refractivity contribution < 1.29 is 9.90 Å². The van der Waals surface area contributed by atoms with Crippen LogP contribution in [0.4, 0.5) is 5.13 Å². The number of anilines is 1. The summed E-state index contributed by atoms with van der Waals surface area (Å²) in [6.07, 6.45) is 3.19. The highest BCUT2D eigenvalue weighted by Gasteiger charge is 2.12. The number of carboxylic acids is 1. The van der Waals surface area contributed by atoms with Crippen LogP contribution in [0.15, 0.2) is 10.4 Å². The van der Waals surface area contributed by atoms with Gasteiger partial charge in [-0.2, -0.15) is 0 Å². The lowest BCUT2D eigenvalue weighted by molar-refractivity contribution is -0.136. The number of nitrogens with zero attached hydrogens (tertiary/aromatic N) is 2. The molecule has 1 atom stereocenters. The zero-order chi connectivity index (χ0) is 14.3. The number of amidine groups is 1. The van der Waals surface area contributed by atoms with Crippen molar-refractivity contribution in [3.63, 3.8) is 0 Å². The molecule has 1 unspecified atom stereocenters. The summed E-state index contributed by atoms with van der Waals surface area (Å²) in [4.78, 5) is 19.3. The molecule has 2 heterocycles. The van der Waals surface area contributed by atoms with Crippen LogP contribution in [0.3, 0.4) is 0 Å². The Hall–Kier alpha value is -1.43. The largest absolute Gasteiger partial charge is 0.481 e. The summed E-state index contributed by atoms with van der Waals surface area (Å²) in [7, 11) is 0. The maximum absolute atomic E-state index is 10.5. The van der Waals surface area contributed by atoms with Crippen LogP contribution >= 0.6 is 11.3 Å². The summed E-state index contributed by atoms with van der Waals surface area (Å²) in [5, 5.41) is 14.3. The molecule has 0 bridgehead atoms. The molecule has 0 spiro atoms. The van der Waals surface area contributed by atoms with E-state index in [1.165, 1.54) is 11.3 Å². The van der Waals surface area contributed by atoms with Crippen molar-refractivity contribution >= 4 is 28.3 Å². The van der Waals surface area contributed by atoms with Gasteiger partial charge in [0.25, 0.3) is 0 Å². The third kappa shape index (κ3) is 5.38. The molecule has 0 saturated heterocycles. The van der Waals surface area contributed by atoms with E-state index in [1.807, 2.05) is 13.8 Å². The van der Waals surface area contributed by atoms with Gasteiger partial charge in [-0.05, 0) is 19.8 Å². The molecule has 0 saturated carbocycles. The Labute approximate surface area is 117 Å². The van der Waals surface area contributed by atoms with E-state index in [0.717, 1.165) is 30.2 Å². The van der Waals surface area contributed by atoms with Crippen LogP contribution in [0, 0.1) is 0 Å². The van der Waals surface area contributed by atoms with Gasteiger partial charge in [0.1, 0.15) is 5.84 Å². The molecule has 1 aliphatic heterocycles. The maximum Gasteiger partial charge on any atom is 0.309 e. The molecular formula is C13H21N3O2S. The maximum atomic E-state index is 10.5. The Balaban J connectivity index is 0.000000861. The lowest BCUT2D eigenvalue weighted by Gasteiger charge is -2.16. The Bertz CT molecular complexity index is 443. The van der Waals surface area contributed by atoms with E-state index in [9.17, 15) is 4.79 Å². The van der Waals surface area contributed by atoms with E-state index in [0.29, 0.717) is 11.7 Å². The van der Waals surface area contributed by atoms with Crippen LogP contribution in [0.1, 0.15) is 45.7 Å². The Morgan fingerprint density at radius 1 is 1.58 bits per heavy atom. The predicted molar refractivity (Wildman–Crippen MR) is 79.2 cm³/mol. The van der Waals surface area contributed by atoms with Crippen LogP contribution < -0.4 is 5.32 Å². The SMILES string of the molecule is CC.CC1CCCC(Nc2nc(CC(=O)O)cs2)=N1. The third-order valence-electron chi connectivity index (χ3n) is 2.55. The first-order chi connectivity index (χ1) is 9.13. The molecule has 1 aromatic rings. The quantitative estimate of drug-likeness (QED) is 0.893. The van der Waals surface area contributed by atoms with E-state index in [2.05, 4.69) is 22.2 Å². The minimum Gasteiger partial charge on any atom is -0.481 e. The fourth-order valence-corrected chi connectivity index (χ4v) is 2.51. The first kappa shape index (κ1) is 15.6. The molecule has 0 aliphatic carbocycles. The Kier molecular flexibility index (Phi) is 6.49. The van der Waals surface area contributed by atoms with Gasteiger partial charge in [0.15, 0.2) is 5.13 Å². The second kappa shape index (κ2) is 7.89. The molecule has 0 amide bonds. The fraction of sp³-hybridized carbons (Fsp3) is 0.615. The highest BCUT2D eigenvalue weighted by molar-refractivity contribution is 7.13. The third-order valence-corrected chi connectivity index (χ3v) is 3.35. The summed E-state index contributed by atoms with van der Waals surface area (Å²) >= 11 is 1.42. The van der Waals surface area contributed by atoms with Gasteiger partial charge < -0.3 is 10.4 Å². The predicted octanol–water partition coefficient (Wildman–Crippen LogP) is 3.18. The van der Waals surface area contributed by atoms with Gasteiger partial charge in [-0.25, -0.2) is 4.98 Å². The number of carboxylic acid groups (broad SMARTS) is 1. The van der Waals surface area contributed by atoms with Gasteiger partial charge in [0, 0.05) is 17.8 Å². The summed E-state index contributed by atoms with van der Waals surface area (Å²) < 4.78 is 0. The molecule has 1 aliphatic rings. The zero-order valence-electron chi connectivity index (χ0n) is 11.6. The molecule has 5 nitrogen and oxygen atoms in total. The topological polar surface area (TPSA) is 74.6 Å². The Morgan fingerprint density at radius 2 is 2.32 bits per heavy atom. The first-order valence-corrected chi connectivity index (χ1v) is 7.51. The van der Waals surface area contributed by atoms with Gasteiger partial charge in [0.2, 0.25) is 0 Å². The monoisotopic (exact) mass is 283 g/mol. The number of carbonyl (C=O) groups is 1. The number of thiazole rings is 1. The van der Waals surface area contributed by atoms with Crippen LogP contribution in [-0.4, -0.2) is 27.9 Å². The average Bonchev–Trinajstić information content (AvgIpc) is 2.78. The number of rotatable bonds is 3. The van der Waals surface area contributed by atoms with Crippen LogP contribution in [0.2, 0.25) is 0 Å². The smallest absolute Gasteiger partial charge is 0.309 e. The van der Waals surface area contributed by atoms with Crippen molar-refractivity contribution in [2.45, 2.75) is 52.5 Å². The van der Waals surface area contributed by atoms with Gasteiger partial charge in [-0.1, -0.05) is 13.8 Å². The minimum atomic E-state index is -0.856.